The average molecular weight is 326 g/mol. The van der Waals surface area contributed by atoms with Gasteiger partial charge in [-0.05, 0) is 62.5 Å². The number of hydrogen-bond acceptors (Lipinski definition) is 3. The second-order valence-corrected chi connectivity index (χ2v) is 6.97. The highest BCUT2D eigenvalue weighted by molar-refractivity contribution is 5.45. The molecule has 0 aliphatic heterocycles. The Bertz CT molecular complexity index is 662. The molecule has 2 rings (SSSR count). The number of aryl methyl sites for hydroxylation is 2. The smallest absolute Gasteiger partial charge is 0.126 e. The third-order valence-corrected chi connectivity index (χ3v) is 4.36. The van der Waals surface area contributed by atoms with E-state index < -0.39 is 0 Å². The zero-order chi connectivity index (χ0) is 17.5. The van der Waals surface area contributed by atoms with E-state index in [1.165, 1.54) is 41.5 Å². The van der Waals surface area contributed by atoms with E-state index in [-0.39, 0.29) is 0 Å². The van der Waals surface area contributed by atoms with Gasteiger partial charge in [0.15, 0.2) is 0 Å². The lowest BCUT2D eigenvalue weighted by Crippen LogP contribution is -2.10. The average Bonchev–Trinajstić information content (AvgIpc) is 2.51. The summed E-state index contributed by atoms with van der Waals surface area (Å²) < 4.78 is 0. The molecule has 0 aliphatic rings. The predicted molar refractivity (Wildman–Crippen MR) is 103 cm³/mol. The lowest BCUT2D eigenvalue weighted by atomic mass is 9.98. The highest BCUT2D eigenvalue weighted by atomic mass is 15.0. The number of unbranched alkanes of at least 4 members (excludes halogenated alkanes) is 2. The summed E-state index contributed by atoms with van der Waals surface area (Å²) in [5.41, 5.74) is 12.4. The summed E-state index contributed by atoms with van der Waals surface area (Å²) in [6, 6.07) is 11.1. The van der Waals surface area contributed by atoms with Crippen LogP contribution >= 0.6 is 0 Å². The quantitative estimate of drug-likeness (QED) is 0.733. The van der Waals surface area contributed by atoms with E-state index in [4.69, 9.17) is 5.73 Å². The van der Waals surface area contributed by atoms with Crippen molar-refractivity contribution in [3.8, 4) is 0 Å². The van der Waals surface area contributed by atoms with Crippen molar-refractivity contribution in [2.24, 2.45) is 0 Å². The van der Waals surface area contributed by atoms with Crippen LogP contribution in [-0.4, -0.2) is 24.0 Å². The monoisotopic (exact) mass is 325 g/mol. The number of anilines is 1. The zero-order valence-electron chi connectivity index (χ0n) is 15.6. The molecular weight excluding hydrogens is 294 g/mol. The fourth-order valence-corrected chi connectivity index (χ4v) is 3.08. The first-order chi connectivity index (χ1) is 11.5. The number of nitrogens with zero attached hydrogens (tertiary/aromatic N) is 2. The molecule has 0 amide bonds. The van der Waals surface area contributed by atoms with Crippen molar-refractivity contribution in [3.63, 3.8) is 0 Å². The van der Waals surface area contributed by atoms with Gasteiger partial charge in [-0.2, -0.15) is 0 Å². The first-order valence-electron chi connectivity index (χ1n) is 8.97. The topological polar surface area (TPSA) is 42.2 Å². The number of rotatable bonds is 8. The Hall–Kier alpha value is -1.87. The maximum atomic E-state index is 6.13. The fourth-order valence-electron chi connectivity index (χ4n) is 3.08. The van der Waals surface area contributed by atoms with Crippen molar-refractivity contribution in [1.82, 2.24) is 9.88 Å². The molecule has 1 aromatic heterocycles. The van der Waals surface area contributed by atoms with Crippen LogP contribution in [0.1, 0.15) is 54.1 Å². The van der Waals surface area contributed by atoms with Gasteiger partial charge in [0.05, 0.1) is 0 Å². The molecule has 0 saturated carbocycles. The molecule has 0 unspecified atom stereocenters. The van der Waals surface area contributed by atoms with Crippen molar-refractivity contribution in [2.75, 3.05) is 19.8 Å². The second-order valence-electron chi connectivity index (χ2n) is 6.97. The van der Waals surface area contributed by atoms with Crippen molar-refractivity contribution in [2.45, 2.75) is 52.5 Å². The van der Waals surface area contributed by atoms with Gasteiger partial charge in [-0.3, -0.25) is 0 Å². The van der Waals surface area contributed by atoms with Crippen LogP contribution < -0.4 is 5.73 Å². The minimum absolute atomic E-state index is 0.703. The summed E-state index contributed by atoms with van der Waals surface area (Å²) in [5.74, 6) is 0.703. The number of nitrogens with two attached hydrogens (primary N) is 1. The molecule has 0 aliphatic carbocycles. The summed E-state index contributed by atoms with van der Waals surface area (Å²) >= 11 is 0. The summed E-state index contributed by atoms with van der Waals surface area (Å²) in [6.45, 7) is 5.25. The molecule has 1 aromatic carbocycles. The normalized spacial score (nSPS) is 11.2. The zero-order valence-corrected chi connectivity index (χ0v) is 15.6. The molecule has 0 saturated heterocycles. The minimum atomic E-state index is 0.703. The predicted octanol–water partition coefficient (Wildman–Crippen LogP) is 4.36. The Morgan fingerprint density at radius 3 is 2.50 bits per heavy atom. The molecule has 0 bridgehead atoms. The Kier molecular flexibility index (Phi) is 6.80. The Morgan fingerprint density at radius 1 is 1.04 bits per heavy atom. The van der Waals surface area contributed by atoms with Gasteiger partial charge in [-0.25, -0.2) is 4.98 Å². The van der Waals surface area contributed by atoms with E-state index in [2.05, 4.69) is 68.2 Å². The minimum Gasteiger partial charge on any atom is -0.383 e. The van der Waals surface area contributed by atoms with Gasteiger partial charge < -0.3 is 10.6 Å². The molecule has 2 aromatic rings. The van der Waals surface area contributed by atoms with Gasteiger partial charge in [-0.15, -0.1) is 0 Å². The second kappa shape index (κ2) is 8.84. The van der Waals surface area contributed by atoms with Gasteiger partial charge in [0.25, 0.3) is 0 Å². The Balaban J connectivity index is 2.18. The molecule has 0 radical (unpaired) electrons. The SMILES string of the molecule is CCCCCc1cc(Cc2cccc(CN(C)C)c2)c(C)nc1N. The largest absolute Gasteiger partial charge is 0.383 e. The summed E-state index contributed by atoms with van der Waals surface area (Å²) in [4.78, 5) is 6.78. The van der Waals surface area contributed by atoms with E-state index in [0.717, 1.165) is 25.1 Å². The van der Waals surface area contributed by atoms with E-state index in [1.807, 2.05) is 0 Å². The summed E-state index contributed by atoms with van der Waals surface area (Å²) in [6.07, 6.45) is 5.60. The molecule has 0 atom stereocenters. The molecule has 130 valence electrons. The standard InChI is InChI=1S/C21H31N3/c1-5-6-7-11-19-14-20(16(2)23-21(19)22)13-17-9-8-10-18(12-17)15-24(3)4/h8-10,12,14H,5-7,11,13,15H2,1-4H3,(H2,22,23). The summed E-state index contributed by atoms with van der Waals surface area (Å²) in [7, 11) is 4.20. The van der Waals surface area contributed by atoms with Crippen LogP contribution in [-0.2, 0) is 19.4 Å². The first kappa shape index (κ1) is 18.5. The molecule has 1 heterocycles. The van der Waals surface area contributed by atoms with Crippen LogP contribution in [0.15, 0.2) is 30.3 Å². The van der Waals surface area contributed by atoms with Crippen LogP contribution in [0.3, 0.4) is 0 Å². The number of aromatic nitrogens is 1. The van der Waals surface area contributed by atoms with Crippen molar-refractivity contribution >= 4 is 5.82 Å². The molecule has 24 heavy (non-hydrogen) atoms. The molecule has 0 spiro atoms. The fraction of sp³-hybridized carbons (Fsp3) is 0.476. The molecular formula is C21H31N3. The highest BCUT2D eigenvalue weighted by Gasteiger charge is 2.08. The third-order valence-electron chi connectivity index (χ3n) is 4.36. The third kappa shape index (κ3) is 5.34. The molecule has 3 heteroatoms. The van der Waals surface area contributed by atoms with Gasteiger partial charge in [-0.1, -0.05) is 50.1 Å². The maximum absolute atomic E-state index is 6.13. The van der Waals surface area contributed by atoms with Crippen molar-refractivity contribution in [1.29, 1.82) is 0 Å². The lowest BCUT2D eigenvalue weighted by molar-refractivity contribution is 0.402. The van der Waals surface area contributed by atoms with E-state index in [1.54, 1.807) is 0 Å². The number of benzene rings is 1. The lowest BCUT2D eigenvalue weighted by Gasteiger charge is -2.13. The maximum Gasteiger partial charge on any atom is 0.126 e. The molecule has 2 N–H and O–H groups in total. The number of hydrogen-bond donors (Lipinski definition) is 1. The Morgan fingerprint density at radius 2 is 1.79 bits per heavy atom. The van der Waals surface area contributed by atoms with E-state index in [0.29, 0.717) is 5.82 Å². The summed E-state index contributed by atoms with van der Waals surface area (Å²) in [5, 5.41) is 0. The van der Waals surface area contributed by atoms with E-state index >= 15 is 0 Å². The van der Waals surface area contributed by atoms with Crippen LogP contribution in [0.2, 0.25) is 0 Å². The van der Waals surface area contributed by atoms with Gasteiger partial charge in [0.1, 0.15) is 5.82 Å². The highest BCUT2D eigenvalue weighted by Crippen LogP contribution is 2.21. The van der Waals surface area contributed by atoms with Gasteiger partial charge in [0, 0.05) is 12.2 Å². The van der Waals surface area contributed by atoms with Crippen LogP contribution in [0.5, 0.6) is 0 Å². The van der Waals surface area contributed by atoms with Gasteiger partial charge >= 0.3 is 0 Å². The van der Waals surface area contributed by atoms with Gasteiger partial charge in [0.2, 0.25) is 0 Å². The van der Waals surface area contributed by atoms with E-state index in [9.17, 15) is 0 Å². The van der Waals surface area contributed by atoms with Crippen LogP contribution in [0.25, 0.3) is 0 Å². The number of nitrogen functional groups attached to an aromatic ring is 1. The Labute approximate surface area is 146 Å². The van der Waals surface area contributed by atoms with Crippen LogP contribution in [0.4, 0.5) is 5.82 Å². The first-order valence-corrected chi connectivity index (χ1v) is 8.97. The van der Waals surface area contributed by atoms with Crippen molar-refractivity contribution < 1.29 is 0 Å². The number of pyridine rings is 1. The van der Waals surface area contributed by atoms with Crippen LogP contribution in [0, 0.1) is 6.92 Å². The van der Waals surface area contributed by atoms with Crippen molar-refractivity contribution in [3.05, 3.63) is 58.3 Å². The molecule has 3 nitrogen and oxygen atoms in total. The molecule has 0 fully saturated rings.